The van der Waals surface area contributed by atoms with E-state index in [1.807, 2.05) is 43.4 Å². The third kappa shape index (κ3) is 6.53. The van der Waals surface area contributed by atoms with E-state index in [9.17, 15) is 9.50 Å². The second-order valence-electron chi connectivity index (χ2n) is 8.43. The standard InChI is InChI=1S/C25H31FN6OS/c1-27-24-22(4-3-13-31(2)20-8-6-19(26)7-9-20)29-25(34-24)30-23-10-5-18(16-28-23)17-32-14-11-21(33)12-15-32/h3-10,16,21,27,33H,11-15,17H2,1-2H3,(H,28,29,30)/b4-3-. The van der Waals surface area contributed by atoms with Crippen molar-refractivity contribution in [2.24, 2.45) is 0 Å². The molecule has 2 aromatic heterocycles. The molecule has 7 nitrogen and oxygen atoms in total. The summed E-state index contributed by atoms with van der Waals surface area (Å²) >= 11 is 1.53. The molecule has 3 aromatic rings. The second-order valence-corrected chi connectivity index (χ2v) is 9.43. The van der Waals surface area contributed by atoms with Gasteiger partial charge in [0.1, 0.15) is 16.6 Å². The number of pyridine rings is 1. The molecule has 0 unspecified atom stereocenters. The normalized spacial score (nSPS) is 15.1. The number of aliphatic hydroxyl groups is 1. The van der Waals surface area contributed by atoms with Crippen molar-refractivity contribution < 1.29 is 9.50 Å². The number of aromatic nitrogens is 2. The highest BCUT2D eigenvalue weighted by atomic mass is 32.1. The Kier molecular flexibility index (Phi) is 8.10. The number of anilines is 4. The predicted octanol–water partition coefficient (Wildman–Crippen LogP) is 4.57. The number of likely N-dealkylation sites (tertiary alicyclic amines) is 1. The Balaban J connectivity index is 1.33. The Labute approximate surface area is 204 Å². The van der Waals surface area contributed by atoms with Crippen LogP contribution in [0.4, 0.5) is 26.0 Å². The summed E-state index contributed by atoms with van der Waals surface area (Å²) in [7, 11) is 3.85. The molecule has 180 valence electrons. The van der Waals surface area contributed by atoms with E-state index in [1.165, 1.54) is 23.5 Å². The lowest BCUT2D eigenvalue weighted by atomic mass is 10.1. The van der Waals surface area contributed by atoms with E-state index in [0.717, 1.165) is 65.4 Å². The van der Waals surface area contributed by atoms with Gasteiger partial charge in [0.05, 0.1) is 11.8 Å². The Morgan fingerprint density at radius 1 is 1.21 bits per heavy atom. The molecule has 1 aliphatic heterocycles. The lowest BCUT2D eigenvalue weighted by Gasteiger charge is -2.29. The number of thiazole rings is 1. The van der Waals surface area contributed by atoms with Crippen LogP contribution in [0.1, 0.15) is 24.1 Å². The molecule has 34 heavy (non-hydrogen) atoms. The van der Waals surface area contributed by atoms with Gasteiger partial charge in [-0.15, -0.1) is 0 Å². The summed E-state index contributed by atoms with van der Waals surface area (Å²) in [5.41, 5.74) is 2.96. The summed E-state index contributed by atoms with van der Waals surface area (Å²) in [5, 5.41) is 17.9. The molecule has 9 heteroatoms. The molecule has 1 saturated heterocycles. The molecule has 0 radical (unpaired) electrons. The van der Waals surface area contributed by atoms with Gasteiger partial charge in [-0.2, -0.15) is 0 Å². The van der Waals surface area contributed by atoms with Crippen molar-refractivity contribution in [2.45, 2.75) is 25.5 Å². The van der Waals surface area contributed by atoms with Crippen LogP contribution in [0.3, 0.4) is 0 Å². The average molecular weight is 483 g/mol. The molecule has 1 aliphatic rings. The highest BCUT2D eigenvalue weighted by molar-refractivity contribution is 7.19. The van der Waals surface area contributed by atoms with Crippen LogP contribution in [-0.4, -0.2) is 59.8 Å². The van der Waals surface area contributed by atoms with Crippen molar-refractivity contribution in [1.82, 2.24) is 14.9 Å². The fraction of sp³-hybridized carbons (Fsp3) is 0.360. The zero-order chi connectivity index (χ0) is 23.9. The monoisotopic (exact) mass is 482 g/mol. The summed E-state index contributed by atoms with van der Waals surface area (Å²) in [4.78, 5) is 13.6. The molecule has 0 saturated carbocycles. The number of nitrogens with zero attached hydrogens (tertiary/aromatic N) is 4. The first kappa shape index (κ1) is 24.1. The van der Waals surface area contributed by atoms with E-state index in [1.54, 1.807) is 12.1 Å². The Morgan fingerprint density at radius 2 is 1.97 bits per heavy atom. The van der Waals surface area contributed by atoms with Crippen LogP contribution < -0.4 is 15.5 Å². The van der Waals surface area contributed by atoms with E-state index in [0.29, 0.717) is 6.54 Å². The molecule has 0 aliphatic carbocycles. The van der Waals surface area contributed by atoms with Crippen LogP contribution in [0, 0.1) is 5.82 Å². The van der Waals surface area contributed by atoms with E-state index in [-0.39, 0.29) is 11.9 Å². The minimum absolute atomic E-state index is 0.155. The van der Waals surface area contributed by atoms with Crippen molar-refractivity contribution >= 4 is 39.1 Å². The van der Waals surface area contributed by atoms with Crippen molar-refractivity contribution in [3.63, 3.8) is 0 Å². The number of likely N-dealkylation sites (N-methyl/N-ethyl adjacent to an activating group) is 1. The number of hydrogen-bond acceptors (Lipinski definition) is 8. The molecular weight excluding hydrogens is 451 g/mol. The van der Waals surface area contributed by atoms with Crippen molar-refractivity contribution in [3.05, 3.63) is 65.7 Å². The van der Waals surface area contributed by atoms with Crippen molar-refractivity contribution in [1.29, 1.82) is 0 Å². The summed E-state index contributed by atoms with van der Waals surface area (Å²) in [5.74, 6) is 0.515. The van der Waals surface area contributed by atoms with Gasteiger partial charge in [-0.1, -0.05) is 23.5 Å². The van der Waals surface area contributed by atoms with Gasteiger partial charge in [0, 0.05) is 52.2 Å². The van der Waals surface area contributed by atoms with Crippen LogP contribution in [0.2, 0.25) is 0 Å². The third-order valence-electron chi connectivity index (χ3n) is 5.83. The van der Waals surface area contributed by atoms with Crippen LogP contribution in [0.5, 0.6) is 0 Å². The molecule has 0 spiro atoms. The molecule has 1 aromatic carbocycles. The molecule has 0 amide bonds. The van der Waals surface area contributed by atoms with Gasteiger partial charge in [0.2, 0.25) is 0 Å². The number of rotatable bonds is 9. The van der Waals surface area contributed by atoms with Gasteiger partial charge >= 0.3 is 0 Å². The highest BCUT2D eigenvalue weighted by Crippen LogP contribution is 2.31. The molecule has 3 N–H and O–H groups in total. The molecule has 4 rings (SSSR count). The maximum Gasteiger partial charge on any atom is 0.190 e. The molecule has 3 heterocycles. The van der Waals surface area contributed by atoms with Gasteiger partial charge in [0.25, 0.3) is 0 Å². The van der Waals surface area contributed by atoms with Crippen LogP contribution in [-0.2, 0) is 6.54 Å². The number of nitrogens with one attached hydrogen (secondary N) is 2. The largest absolute Gasteiger partial charge is 0.393 e. The lowest BCUT2D eigenvalue weighted by Crippen LogP contribution is -2.35. The number of aliphatic hydroxyl groups excluding tert-OH is 1. The first-order valence-corrected chi connectivity index (χ1v) is 12.3. The van der Waals surface area contributed by atoms with Gasteiger partial charge in [-0.05, 0) is 54.8 Å². The highest BCUT2D eigenvalue weighted by Gasteiger charge is 2.17. The minimum Gasteiger partial charge on any atom is -0.393 e. The Morgan fingerprint density at radius 3 is 2.65 bits per heavy atom. The smallest absolute Gasteiger partial charge is 0.190 e. The number of halogens is 1. The van der Waals surface area contributed by atoms with Crippen LogP contribution >= 0.6 is 11.3 Å². The lowest BCUT2D eigenvalue weighted by molar-refractivity contribution is 0.0792. The second kappa shape index (κ2) is 11.4. The zero-order valence-corrected chi connectivity index (χ0v) is 20.4. The van der Waals surface area contributed by atoms with Gasteiger partial charge in [-0.25, -0.2) is 14.4 Å². The quantitative estimate of drug-likeness (QED) is 0.412. The van der Waals surface area contributed by atoms with Crippen LogP contribution in [0.25, 0.3) is 6.08 Å². The van der Waals surface area contributed by atoms with E-state index in [4.69, 9.17) is 4.98 Å². The van der Waals surface area contributed by atoms with E-state index < -0.39 is 0 Å². The van der Waals surface area contributed by atoms with Gasteiger partial charge in [0.15, 0.2) is 5.13 Å². The van der Waals surface area contributed by atoms with E-state index in [2.05, 4.69) is 26.6 Å². The number of benzene rings is 1. The number of hydrogen-bond donors (Lipinski definition) is 3. The molecule has 0 atom stereocenters. The third-order valence-corrected chi connectivity index (χ3v) is 6.83. The maximum atomic E-state index is 13.1. The SMILES string of the molecule is CNc1sc(Nc2ccc(CN3CCC(O)CC3)cn2)nc1/C=C\CN(C)c1ccc(F)cc1. The maximum absolute atomic E-state index is 13.1. The summed E-state index contributed by atoms with van der Waals surface area (Å²) in [6.45, 7) is 3.36. The van der Waals surface area contributed by atoms with Crippen molar-refractivity contribution in [2.75, 3.05) is 49.3 Å². The molecule has 1 fully saturated rings. The van der Waals surface area contributed by atoms with Gasteiger partial charge in [-0.3, -0.25) is 4.90 Å². The molecular formula is C25H31FN6OS. The van der Waals surface area contributed by atoms with Crippen LogP contribution in [0.15, 0.2) is 48.7 Å². The Hall–Kier alpha value is -3.01. The summed E-state index contributed by atoms with van der Waals surface area (Å²) in [6, 6.07) is 10.5. The molecule has 0 bridgehead atoms. The first-order valence-electron chi connectivity index (χ1n) is 11.4. The fourth-order valence-electron chi connectivity index (χ4n) is 3.84. The first-order chi connectivity index (χ1) is 16.5. The minimum atomic E-state index is -0.235. The number of piperidine rings is 1. The van der Waals surface area contributed by atoms with Gasteiger partial charge < -0.3 is 20.6 Å². The van der Waals surface area contributed by atoms with Crippen molar-refractivity contribution in [3.8, 4) is 0 Å². The zero-order valence-electron chi connectivity index (χ0n) is 19.5. The fourth-order valence-corrected chi connectivity index (χ4v) is 4.65. The average Bonchev–Trinajstić information content (AvgIpc) is 3.23. The summed E-state index contributed by atoms with van der Waals surface area (Å²) in [6.07, 6.45) is 7.44. The van der Waals surface area contributed by atoms with E-state index >= 15 is 0 Å². The topological polar surface area (TPSA) is 76.5 Å². The Bertz CT molecular complexity index is 1080. The summed E-state index contributed by atoms with van der Waals surface area (Å²) < 4.78 is 13.1. The predicted molar refractivity (Wildman–Crippen MR) is 138 cm³/mol.